The monoisotopic (exact) mass is 631 g/mol. The summed E-state index contributed by atoms with van der Waals surface area (Å²) < 4.78 is 43.9. The number of nitrogen functional groups attached to an aromatic ring is 1. The highest BCUT2D eigenvalue weighted by Crippen LogP contribution is 2.43. The molecule has 0 bridgehead atoms. The number of nitrogens with one attached hydrogen (secondary N) is 2. The van der Waals surface area contributed by atoms with Gasteiger partial charge >= 0.3 is 12.2 Å². The number of nitrogens with zero attached hydrogens (tertiary/aromatic N) is 4. The number of hydrogen-bond donors (Lipinski definition) is 3. The Hall–Kier alpha value is -5.13. The molecule has 240 valence electrons. The smallest absolute Gasteiger partial charge is 0.398 e. The van der Waals surface area contributed by atoms with E-state index in [1.54, 1.807) is 48.9 Å². The predicted molar refractivity (Wildman–Crippen MR) is 176 cm³/mol. The molecule has 4 aromatic rings. The summed E-state index contributed by atoms with van der Waals surface area (Å²) in [6, 6.07) is 14.1. The van der Waals surface area contributed by atoms with Crippen LogP contribution in [-0.4, -0.2) is 60.8 Å². The van der Waals surface area contributed by atoms with Gasteiger partial charge in [-0.2, -0.15) is 13.2 Å². The van der Waals surface area contributed by atoms with Crippen molar-refractivity contribution in [2.45, 2.75) is 33.4 Å². The molecule has 3 aromatic carbocycles. The van der Waals surface area contributed by atoms with Crippen LogP contribution in [0.2, 0.25) is 0 Å². The number of nitrogens with two attached hydrogens (primary N) is 1. The van der Waals surface area contributed by atoms with Gasteiger partial charge in [0.2, 0.25) is 5.91 Å². The molecule has 4 N–H and O–H groups in total. The molecule has 5 rings (SSSR count). The lowest BCUT2D eigenvalue weighted by Gasteiger charge is -2.37. The van der Waals surface area contributed by atoms with Gasteiger partial charge in [0.25, 0.3) is 0 Å². The molecule has 1 saturated heterocycles. The molecular weight excluding hydrogens is 595 g/mol. The van der Waals surface area contributed by atoms with Crippen LogP contribution in [0.5, 0.6) is 0 Å². The molecule has 0 atom stereocenters. The van der Waals surface area contributed by atoms with E-state index in [0.717, 1.165) is 17.2 Å². The molecule has 1 aliphatic rings. The van der Waals surface area contributed by atoms with E-state index in [0.29, 0.717) is 58.6 Å². The van der Waals surface area contributed by atoms with Crippen molar-refractivity contribution in [2.75, 3.05) is 48.8 Å². The number of aryl methyl sites for hydroxylation is 1. The van der Waals surface area contributed by atoms with Crippen LogP contribution in [0.3, 0.4) is 0 Å². The summed E-state index contributed by atoms with van der Waals surface area (Å²) in [4.78, 5) is 34.7. The van der Waals surface area contributed by atoms with Gasteiger partial charge < -0.3 is 26.3 Å². The molecular formula is C34H36F3N7O2. The Labute approximate surface area is 265 Å². The maximum atomic E-state index is 14.6. The van der Waals surface area contributed by atoms with Gasteiger partial charge in [-0.05, 0) is 73.0 Å². The normalized spacial score (nSPS) is 13.5. The Kier molecular flexibility index (Phi) is 8.91. The second kappa shape index (κ2) is 12.7. The topological polar surface area (TPSA) is 119 Å². The molecule has 0 spiro atoms. The van der Waals surface area contributed by atoms with Crippen LogP contribution in [-0.2, 0) is 11.0 Å². The standard InChI is InChI=1S/C34H36F3N7O2/c1-5-31(45)43-14-12-42(13-15-43)30-11-8-24(18-27(30)34(35,36)37)44(33(46)40-4)32-20(2)19-41-29-10-7-23(17-26(29)32)22-6-9-28(39)25(16-22)21(3)38/h6-11,16-19,38H,5,12-15,39H2,1-4H3,(H,40,46). The molecule has 1 aromatic heterocycles. The van der Waals surface area contributed by atoms with E-state index >= 15 is 0 Å². The molecule has 1 aliphatic heterocycles. The maximum absolute atomic E-state index is 14.6. The Bertz CT molecular complexity index is 1830. The highest BCUT2D eigenvalue weighted by molar-refractivity contribution is 6.09. The number of rotatable bonds is 6. The first kappa shape index (κ1) is 32.3. The molecule has 1 fully saturated rings. The van der Waals surface area contributed by atoms with Gasteiger partial charge in [0.15, 0.2) is 0 Å². The number of fused-ring (bicyclic) bond motifs is 1. The van der Waals surface area contributed by atoms with Crippen LogP contribution in [0.4, 0.5) is 40.7 Å². The molecule has 3 amide bonds. The van der Waals surface area contributed by atoms with Crippen LogP contribution >= 0.6 is 0 Å². The predicted octanol–water partition coefficient (Wildman–Crippen LogP) is 6.74. The molecule has 12 heteroatoms. The van der Waals surface area contributed by atoms with Crippen molar-refractivity contribution in [3.8, 4) is 11.1 Å². The zero-order valence-electron chi connectivity index (χ0n) is 26.1. The van der Waals surface area contributed by atoms with Crippen molar-refractivity contribution in [1.82, 2.24) is 15.2 Å². The molecule has 0 unspecified atom stereocenters. The summed E-state index contributed by atoms with van der Waals surface area (Å²) in [7, 11) is 1.42. The Morgan fingerprint density at radius 1 is 1.02 bits per heavy atom. The fourth-order valence-electron chi connectivity index (χ4n) is 5.86. The van der Waals surface area contributed by atoms with Gasteiger partial charge in [-0.15, -0.1) is 0 Å². The van der Waals surface area contributed by atoms with Crippen molar-refractivity contribution in [1.29, 1.82) is 5.41 Å². The third kappa shape index (κ3) is 6.19. The minimum Gasteiger partial charge on any atom is -0.398 e. The van der Waals surface area contributed by atoms with Crippen LogP contribution in [0.1, 0.15) is 37.0 Å². The summed E-state index contributed by atoms with van der Waals surface area (Å²) >= 11 is 0. The molecule has 0 radical (unpaired) electrons. The highest BCUT2D eigenvalue weighted by Gasteiger charge is 2.37. The van der Waals surface area contributed by atoms with E-state index in [4.69, 9.17) is 11.1 Å². The number of urea groups is 1. The average Bonchev–Trinajstić information content (AvgIpc) is 3.04. The van der Waals surface area contributed by atoms with Crippen molar-refractivity contribution < 1.29 is 22.8 Å². The van der Waals surface area contributed by atoms with E-state index in [9.17, 15) is 22.8 Å². The van der Waals surface area contributed by atoms with Gasteiger partial charge in [-0.3, -0.25) is 14.7 Å². The number of halogens is 3. The van der Waals surface area contributed by atoms with Gasteiger partial charge in [0.1, 0.15) is 0 Å². The number of anilines is 4. The first-order valence-electron chi connectivity index (χ1n) is 14.9. The first-order chi connectivity index (χ1) is 21.8. The highest BCUT2D eigenvalue weighted by atomic mass is 19.4. The number of carbonyl (C=O) groups is 2. The van der Waals surface area contributed by atoms with E-state index in [-0.39, 0.29) is 30.4 Å². The number of carbonyl (C=O) groups excluding carboxylic acids is 2. The number of benzene rings is 3. The largest absolute Gasteiger partial charge is 0.418 e. The average molecular weight is 632 g/mol. The van der Waals surface area contributed by atoms with Gasteiger partial charge in [-0.1, -0.05) is 19.1 Å². The van der Waals surface area contributed by atoms with Crippen molar-refractivity contribution in [3.63, 3.8) is 0 Å². The summed E-state index contributed by atoms with van der Waals surface area (Å²) in [5.74, 6) is -0.0305. The number of alkyl halides is 3. The fraction of sp³-hybridized carbons (Fsp3) is 0.294. The third-order valence-corrected chi connectivity index (χ3v) is 8.27. The second-order valence-electron chi connectivity index (χ2n) is 11.3. The zero-order chi connectivity index (χ0) is 33.3. The van der Waals surface area contributed by atoms with Crippen molar-refractivity contribution in [2.24, 2.45) is 0 Å². The van der Waals surface area contributed by atoms with E-state index in [1.807, 2.05) is 24.3 Å². The molecule has 0 aliphatic carbocycles. The first-order valence-corrected chi connectivity index (χ1v) is 14.9. The molecule has 0 saturated carbocycles. The lowest BCUT2D eigenvalue weighted by Crippen LogP contribution is -2.49. The summed E-state index contributed by atoms with van der Waals surface area (Å²) in [5, 5.41) is 11.2. The van der Waals surface area contributed by atoms with Crippen LogP contribution in [0.25, 0.3) is 22.0 Å². The van der Waals surface area contributed by atoms with Crippen molar-refractivity contribution >= 4 is 51.3 Å². The van der Waals surface area contributed by atoms with Gasteiger partial charge in [0.05, 0.1) is 22.5 Å². The van der Waals surface area contributed by atoms with E-state index in [2.05, 4.69) is 10.3 Å². The van der Waals surface area contributed by atoms with Crippen molar-refractivity contribution in [3.05, 3.63) is 77.5 Å². The SMILES string of the molecule is CCC(=O)N1CCN(c2ccc(N(C(=O)NC)c3c(C)cnc4ccc(-c5ccc(N)c(C(C)=N)c5)cc34)cc2C(F)(F)F)CC1. The van der Waals surface area contributed by atoms with Crippen LogP contribution < -0.4 is 20.9 Å². The minimum absolute atomic E-state index is 0.00375. The quantitative estimate of drug-likeness (QED) is 0.161. The lowest BCUT2D eigenvalue weighted by molar-refractivity contribution is -0.137. The fourth-order valence-corrected chi connectivity index (χ4v) is 5.86. The van der Waals surface area contributed by atoms with Crippen LogP contribution in [0.15, 0.2) is 60.8 Å². The van der Waals surface area contributed by atoms with E-state index < -0.39 is 17.8 Å². The summed E-state index contributed by atoms with van der Waals surface area (Å²) in [5.41, 5.74) is 9.65. The molecule has 9 nitrogen and oxygen atoms in total. The Balaban J connectivity index is 1.64. The van der Waals surface area contributed by atoms with Gasteiger partial charge in [0, 0.05) is 73.9 Å². The number of hydrogen-bond acceptors (Lipinski definition) is 6. The Morgan fingerprint density at radius 2 is 1.70 bits per heavy atom. The molecule has 46 heavy (non-hydrogen) atoms. The lowest BCUT2D eigenvalue weighted by atomic mass is 9.97. The number of aromatic nitrogens is 1. The summed E-state index contributed by atoms with van der Waals surface area (Å²) in [6.45, 7) is 6.33. The summed E-state index contributed by atoms with van der Waals surface area (Å²) in [6.07, 6.45) is -2.78. The Morgan fingerprint density at radius 3 is 2.33 bits per heavy atom. The minimum atomic E-state index is -4.71. The number of pyridine rings is 1. The number of amides is 3. The maximum Gasteiger partial charge on any atom is 0.418 e. The van der Waals surface area contributed by atoms with Crippen LogP contribution in [0, 0.1) is 12.3 Å². The number of piperazine rings is 1. The second-order valence-corrected chi connectivity index (χ2v) is 11.3. The van der Waals surface area contributed by atoms with Gasteiger partial charge in [-0.25, -0.2) is 4.79 Å². The molecule has 2 heterocycles. The zero-order valence-corrected chi connectivity index (χ0v) is 26.1. The van der Waals surface area contributed by atoms with E-state index in [1.165, 1.54) is 24.1 Å². The third-order valence-electron chi connectivity index (χ3n) is 8.27.